The highest BCUT2D eigenvalue weighted by atomic mass is 19.4. The summed E-state index contributed by atoms with van der Waals surface area (Å²) in [5, 5.41) is 7.33. The lowest BCUT2D eigenvalue weighted by molar-refractivity contribution is -0.137. The van der Waals surface area contributed by atoms with Gasteiger partial charge >= 0.3 is 6.18 Å². The Morgan fingerprint density at radius 2 is 2.05 bits per heavy atom. The van der Waals surface area contributed by atoms with Crippen molar-refractivity contribution < 1.29 is 13.2 Å². The Morgan fingerprint density at radius 3 is 2.70 bits per heavy atom. The molecule has 1 aromatic heterocycles. The summed E-state index contributed by atoms with van der Waals surface area (Å²) in [4.78, 5) is 0. The van der Waals surface area contributed by atoms with E-state index in [0.29, 0.717) is 18.3 Å². The van der Waals surface area contributed by atoms with Crippen molar-refractivity contribution in [3.63, 3.8) is 0 Å². The molecule has 1 N–H and O–H groups in total. The smallest absolute Gasteiger partial charge is 0.310 e. The lowest BCUT2D eigenvalue weighted by atomic mass is 10.2. The topological polar surface area (TPSA) is 29.9 Å². The molecule has 0 saturated carbocycles. The van der Waals surface area contributed by atoms with Crippen molar-refractivity contribution in [3.05, 3.63) is 47.8 Å². The van der Waals surface area contributed by atoms with Gasteiger partial charge in [-0.05, 0) is 18.2 Å². The highest BCUT2D eigenvalue weighted by molar-refractivity contribution is 5.36. The fourth-order valence-electron chi connectivity index (χ4n) is 1.74. The second kappa shape index (κ2) is 5.66. The number of hydrogen-bond donors (Lipinski definition) is 1. The maximum atomic E-state index is 12.7. The van der Waals surface area contributed by atoms with Crippen LogP contribution in [0.2, 0.25) is 0 Å². The van der Waals surface area contributed by atoms with E-state index in [1.165, 1.54) is 10.7 Å². The van der Waals surface area contributed by atoms with Gasteiger partial charge in [0.15, 0.2) is 0 Å². The van der Waals surface area contributed by atoms with Gasteiger partial charge in [-0.3, -0.25) is 0 Å². The van der Waals surface area contributed by atoms with Crippen molar-refractivity contribution in [1.29, 1.82) is 0 Å². The molecule has 0 spiro atoms. The lowest BCUT2D eigenvalue weighted by Gasteiger charge is -2.08. The first-order valence-corrected chi connectivity index (χ1v) is 6.31. The van der Waals surface area contributed by atoms with Crippen LogP contribution < -0.4 is 5.32 Å². The maximum absolute atomic E-state index is 12.7. The summed E-state index contributed by atoms with van der Waals surface area (Å²) in [6.45, 7) is 4.69. The van der Waals surface area contributed by atoms with Gasteiger partial charge in [-0.15, -0.1) is 0 Å². The highest BCUT2D eigenvalue weighted by Crippen LogP contribution is 2.30. The summed E-state index contributed by atoms with van der Waals surface area (Å²) in [6.07, 6.45) is -0.967. The van der Waals surface area contributed by atoms with Gasteiger partial charge in [-0.2, -0.15) is 18.3 Å². The van der Waals surface area contributed by atoms with E-state index in [1.807, 2.05) is 13.8 Å². The average molecular weight is 283 g/mol. The second-order valence-corrected chi connectivity index (χ2v) is 4.88. The van der Waals surface area contributed by atoms with E-state index in [4.69, 9.17) is 0 Å². The molecule has 0 saturated heterocycles. The fourth-order valence-corrected chi connectivity index (χ4v) is 1.74. The van der Waals surface area contributed by atoms with Gasteiger partial charge in [0.1, 0.15) is 0 Å². The molecule has 2 rings (SSSR count). The first kappa shape index (κ1) is 14.6. The zero-order valence-electron chi connectivity index (χ0n) is 11.3. The zero-order valence-corrected chi connectivity index (χ0v) is 11.3. The average Bonchev–Trinajstić information content (AvgIpc) is 2.84. The standard InChI is InChI=1S/C14H16F3N3/c1-10(2)18-7-11-8-19-20(9-11)13-5-3-4-12(6-13)14(15,16)17/h3-6,8-10,18H,7H2,1-2H3. The van der Waals surface area contributed by atoms with Gasteiger partial charge < -0.3 is 5.32 Å². The number of alkyl halides is 3. The van der Waals surface area contributed by atoms with Crippen LogP contribution in [0.3, 0.4) is 0 Å². The molecule has 0 radical (unpaired) electrons. The van der Waals surface area contributed by atoms with Crippen molar-refractivity contribution in [2.45, 2.75) is 32.6 Å². The number of nitrogens with one attached hydrogen (secondary N) is 1. The number of rotatable bonds is 4. The zero-order chi connectivity index (χ0) is 14.8. The summed E-state index contributed by atoms with van der Waals surface area (Å²) in [6, 6.07) is 5.46. The molecule has 0 aliphatic heterocycles. The number of aromatic nitrogens is 2. The van der Waals surface area contributed by atoms with Crippen LogP contribution in [0.15, 0.2) is 36.7 Å². The molecular weight excluding hydrogens is 267 g/mol. The van der Waals surface area contributed by atoms with E-state index in [9.17, 15) is 13.2 Å². The summed E-state index contributed by atoms with van der Waals surface area (Å²) < 4.78 is 39.4. The first-order valence-electron chi connectivity index (χ1n) is 6.31. The van der Waals surface area contributed by atoms with Crippen molar-refractivity contribution in [2.24, 2.45) is 0 Å². The van der Waals surface area contributed by atoms with Crippen molar-refractivity contribution in [3.8, 4) is 5.69 Å². The van der Waals surface area contributed by atoms with Crippen LogP contribution in [0.5, 0.6) is 0 Å². The Balaban J connectivity index is 2.20. The van der Waals surface area contributed by atoms with Gasteiger partial charge in [0, 0.05) is 24.3 Å². The van der Waals surface area contributed by atoms with E-state index >= 15 is 0 Å². The quantitative estimate of drug-likeness (QED) is 0.932. The number of halogens is 3. The summed E-state index contributed by atoms with van der Waals surface area (Å²) >= 11 is 0. The molecule has 0 aliphatic rings. The number of nitrogens with zero attached hydrogens (tertiary/aromatic N) is 2. The monoisotopic (exact) mass is 283 g/mol. The normalized spacial score (nSPS) is 12.1. The molecule has 0 atom stereocenters. The Bertz CT molecular complexity index is 573. The minimum absolute atomic E-state index is 0.340. The van der Waals surface area contributed by atoms with E-state index in [0.717, 1.165) is 17.7 Å². The molecule has 1 aromatic carbocycles. The van der Waals surface area contributed by atoms with Gasteiger partial charge in [-0.1, -0.05) is 19.9 Å². The third-order valence-corrected chi connectivity index (χ3v) is 2.79. The predicted octanol–water partition coefficient (Wildman–Crippen LogP) is 3.39. The third-order valence-electron chi connectivity index (χ3n) is 2.79. The van der Waals surface area contributed by atoms with E-state index < -0.39 is 11.7 Å². The first-order chi connectivity index (χ1) is 9.36. The van der Waals surface area contributed by atoms with Gasteiger partial charge in [0.25, 0.3) is 0 Å². The highest BCUT2D eigenvalue weighted by Gasteiger charge is 2.30. The van der Waals surface area contributed by atoms with Crippen molar-refractivity contribution in [2.75, 3.05) is 0 Å². The molecule has 0 unspecified atom stereocenters. The fraction of sp³-hybridized carbons (Fsp3) is 0.357. The SMILES string of the molecule is CC(C)NCc1cnn(-c2cccc(C(F)(F)F)c2)c1. The van der Waals surface area contributed by atoms with Crippen LogP contribution in [0, 0.1) is 0 Å². The predicted molar refractivity (Wildman–Crippen MR) is 70.5 cm³/mol. The Labute approximate surface area is 115 Å². The molecule has 3 nitrogen and oxygen atoms in total. The molecule has 1 heterocycles. The van der Waals surface area contributed by atoms with Crippen LogP contribution in [-0.2, 0) is 12.7 Å². The van der Waals surface area contributed by atoms with Crippen LogP contribution in [0.25, 0.3) is 5.69 Å². The molecule has 0 amide bonds. The molecular formula is C14H16F3N3. The molecule has 0 bridgehead atoms. The summed E-state index contributed by atoms with van der Waals surface area (Å²) in [5.41, 5.74) is 0.652. The molecule has 0 fully saturated rings. The van der Waals surface area contributed by atoms with Crippen molar-refractivity contribution in [1.82, 2.24) is 15.1 Å². The molecule has 0 aliphatic carbocycles. The second-order valence-electron chi connectivity index (χ2n) is 4.88. The van der Waals surface area contributed by atoms with Crippen LogP contribution in [-0.4, -0.2) is 15.8 Å². The molecule has 20 heavy (non-hydrogen) atoms. The van der Waals surface area contributed by atoms with Crippen molar-refractivity contribution >= 4 is 0 Å². The third kappa shape index (κ3) is 3.60. The van der Waals surface area contributed by atoms with Gasteiger partial charge in [-0.25, -0.2) is 4.68 Å². The maximum Gasteiger partial charge on any atom is 0.416 e. The molecule has 6 heteroatoms. The van der Waals surface area contributed by atoms with Crippen LogP contribution in [0.4, 0.5) is 13.2 Å². The molecule has 2 aromatic rings. The number of hydrogen-bond acceptors (Lipinski definition) is 2. The summed E-state index contributed by atoms with van der Waals surface area (Å²) in [5.74, 6) is 0. The van der Waals surface area contributed by atoms with Gasteiger partial charge in [0.2, 0.25) is 0 Å². The largest absolute Gasteiger partial charge is 0.416 e. The minimum Gasteiger partial charge on any atom is -0.310 e. The van der Waals surface area contributed by atoms with E-state index in [-0.39, 0.29) is 0 Å². The van der Waals surface area contributed by atoms with E-state index in [2.05, 4.69) is 10.4 Å². The number of benzene rings is 1. The minimum atomic E-state index is -4.34. The van der Waals surface area contributed by atoms with E-state index in [1.54, 1.807) is 18.5 Å². The van der Waals surface area contributed by atoms with Gasteiger partial charge in [0.05, 0.1) is 17.4 Å². The lowest BCUT2D eigenvalue weighted by Crippen LogP contribution is -2.21. The van der Waals surface area contributed by atoms with Crippen LogP contribution >= 0.6 is 0 Å². The summed E-state index contributed by atoms with van der Waals surface area (Å²) in [7, 11) is 0. The Kier molecular flexibility index (Phi) is 4.13. The molecule has 108 valence electrons. The Morgan fingerprint density at radius 1 is 1.30 bits per heavy atom. The Hall–Kier alpha value is -1.82. The van der Waals surface area contributed by atoms with Crippen LogP contribution in [0.1, 0.15) is 25.0 Å².